The van der Waals surface area contributed by atoms with Gasteiger partial charge in [-0.2, -0.15) is 0 Å². The van der Waals surface area contributed by atoms with E-state index >= 15 is 0 Å². The lowest BCUT2D eigenvalue weighted by molar-refractivity contribution is 0.0533. The minimum atomic E-state index is -0.300. The first-order valence-corrected chi connectivity index (χ1v) is 13.0. The molecule has 2 heterocycles. The fourth-order valence-corrected chi connectivity index (χ4v) is 5.61. The second-order valence-corrected chi connectivity index (χ2v) is 10.5. The van der Waals surface area contributed by atoms with Crippen LogP contribution in [-0.4, -0.2) is 55.4 Å². The van der Waals surface area contributed by atoms with Crippen LogP contribution in [0.5, 0.6) is 0 Å². The molecule has 3 fully saturated rings. The molecule has 1 aromatic heterocycles. The van der Waals surface area contributed by atoms with Crippen molar-refractivity contribution in [3.8, 4) is 0 Å². The molecule has 184 valence electrons. The predicted octanol–water partition coefficient (Wildman–Crippen LogP) is 3.48. The second-order valence-electron chi connectivity index (χ2n) is 10.5. The SMILES string of the molecule is COC1CN(c2nc3ccc(C)cc3cc2C(=O)NC(N)C2CC2)CCC1NC1CCCCC1. The Balaban J connectivity index is 1.39. The van der Waals surface area contributed by atoms with Crippen molar-refractivity contribution in [3.63, 3.8) is 0 Å². The third kappa shape index (κ3) is 5.21. The Hall–Kier alpha value is -2.22. The van der Waals surface area contributed by atoms with Gasteiger partial charge in [0.1, 0.15) is 5.82 Å². The number of aromatic nitrogens is 1. The summed E-state index contributed by atoms with van der Waals surface area (Å²) in [5.41, 5.74) is 8.89. The molecule has 3 unspecified atom stereocenters. The average molecular weight is 466 g/mol. The van der Waals surface area contributed by atoms with Gasteiger partial charge >= 0.3 is 0 Å². The number of ether oxygens (including phenoxy) is 1. The maximum atomic E-state index is 13.4. The fourth-order valence-electron chi connectivity index (χ4n) is 5.61. The molecular formula is C27H39N5O2. The summed E-state index contributed by atoms with van der Waals surface area (Å²) >= 11 is 0. The highest BCUT2D eigenvalue weighted by Crippen LogP contribution is 2.32. The van der Waals surface area contributed by atoms with E-state index in [-0.39, 0.29) is 18.2 Å². The molecule has 1 amide bonds. The number of anilines is 1. The average Bonchev–Trinajstić information content (AvgIpc) is 3.70. The van der Waals surface area contributed by atoms with Gasteiger partial charge in [-0.1, -0.05) is 30.9 Å². The Morgan fingerprint density at radius 1 is 1.15 bits per heavy atom. The molecule has 7 nitrogen and oxygen atoms in total. The summed E-state index contributed by atoms with van der Waals surface area (Å²) in [6.07, 6.45) is 9.38. The zero-order chi connectivity index (χ0) is 23.7. The van der Waals surface area contributed by atoms with Gasteiger partial charge in [-0.25, -0.2) is 4.98 Å². The van der Waals surface area contributed by atoms with Gasteiger partial charge in [0, 0.05) is 37.7 Å². The van der Waals surface area contributed by atoms with E-state index in [4.69, 9.17) is 15.5 Å². The molecule has 4 N–H and O–H groups in total. The highest BCUT2D eigenvalue weighted by molar-refractivity contribution is 6.02. The second kappa shape index (κ2) is 10.2. The molecule has 0 radical (unpaired) electrons. The van der Waals surface area contributed by atoms with Crippen LogP contribution in [0, 0.1) is 12.8 Å². The number of fused-ring (bicyclic) bond motifs is 1. The zero-order valence-electron chi connectivity index (χ0n) is 20.6. The molecule has 0 bridgehead atoms. The number of pyridine rings is 1. The number of amides is 1. The molecule has 2 aliphatic carbocycles. The number of hydrogen-bond acceptors (Lipinski definition) is 6. The lowest BCUT2D eigenvalue weighted by Gasteiger charge is -2.41. The molecule has 1 saturated heterocycles. The van der Waals surface area contributed by atoms with Crippen molar-refractivity contribution in [2.45, 2.75) is 82.6 Å². The number of nitrogens with two attached hydrogens (primary N) is 1. The van der Waals surface area contributed by atoms with Gasteiger partial charge in [-0.15, -0.1) is 0 Å². The summed E-state index contributed by atoms with van der Waals surface area (Å²) in [4.78, 5) is 20.6. The van der Waals surface area contributed by atoms with Gasteiger partial charge in [0.2, 0.25) is 0 Å². The van der Waals surface area contributed by atoms with Crippen LogP contribution < -0.4 is 21.3 Å². The standard InChI is InChI=1S/C27H39N5O2/c1-17-8-11-22-19(14-17)15-21(27(33)31-25(28)18-9-10-18)26(30-22)32-13-12-23(24(16-32)34-2)29-20-6-4-3-5-7-20/h8,11,14-15,18,20,23-25,29H,3-7,9-10,12-13,16,28H2,1-2H3,(H,31,33). The largest absolute Gasteiger partial charge is 0.378 e. The number of hydrogen-bond donors (Lipinski definition) is 3. The van der Waals surface area contributed by atoms with Crippen molar-refractivity contribution < 1.29 is 9.53 Å². The maximum Gasteiger partial charge on any atom is 0.256 e. The number of rotatable bonds is 7. The molecule has 5 rings (SSSR count). The summed E-state index contributed by atoms with van der Waals surface area (Å²) in [6, 6.07) is 9.09. The number of methoxy groups -OCH3 is 1. The van der Waals surface area contributed by atoms with Crippen LogP contribution in [0.15, 0.2) is 24.3 Å². The highest BCUT2D eigenvalue weighted by atomic mass is 16.5. The van der Waals surface area contributed by atoms with E-state index in [1.165, 1.54) is 32.1 Å². The Morgan fingerprint density at radius 3 is 2.68 bits per heavy atom. The van der Waals surface area contributed by atoms with Crippen LogP contribution in [-0.2, 0) is 4.74 Å². The number of aryl methyl sites for hydroxylation is 1. The number of piperidine rings is 1. The van der Waals surface area contributed by atoms with E-state index in [1.807, 2.05) is 12.1 Å². The van der Waals surface area contributed by atoms with Crippen LogP contribution in [0.2, 0.25) is 0 Å². The van der Waals surface area contributed by atoms with Crippen molar-refractivity contribution in [1.82, 2.24) is 15.6 Å². The highest BCUT2D eigenvalue weighted by Gasteiger charge is 2.34. The van der Waals surface area contributed by atoms with E-state index in [0.717, 1.165) is 48.1 Å². The van der Waals surface area contributed by atoms with Crippen molar-refractivity contribution in [1.29, 1.82) is 0 Å². The van der Waals surface area contributed by atoms with Crippen LogP contribution in [0.25, 0.3) is 10.9 Å². The van der Waals surface area contributed by atoms with Crippen molar-refractivity contribution in [2.24, 2.45) is 11.7 Å². The molecule has 7 heteroatoms. The van der Waals surface area contributed by atoms with E-state index < -0.39 is 0 Å². The smallest absolute Gasteiger partial charge is 0.256 e. The summed E-state index contributed by atoms with van der Waals surface area (Å²) < 4.78 is 5.95. The summed E-state index contributed by atoms with van der Waals surface area (Å²) in [5.74, 6) is 0.985. The van der Waals surface area contributed by atoms with Gasteiger partial charge < -0.3 is 26.0 Å². The topological polar surface area (TPSA) is 92.5 Å². The minimum absolute atomic E-state index is 0.0517. The van der Waals surface area contributed by atoms with Gasteiger partial charge in [0.25, 0.3) is 5.91 Å². The lowest BCUT2D eigenvalue weighted by atomic mass is 9.92. The number of nitrogens with zero attached hydrogens (tertiary/aromatic N) is 2. The number of nitrogens with one attached hydrogen (secondary N) is 2. The van der Waals surface area contributed by atoms with Crippen molar-refractivity contribution in [3.05, 3.63) is 35.4 Å². The zero-order valence-corrected chi connectivity index (χ0v) is 20.6. The molecule has 3 atom stereocenters. The summed E-state index contributed by atoms with van der Waals surface area (Å²) in [6.45, 7) is 3.60. The summed E-state index contributed by atoms with van der Waals surface area (Å²) in [7, 11) is 1.79. The van der Waals surface area contributed by atoms with E-state index in [1.54, 1.807) is 7.11 Å². The van der Waals surface area contributed by atoms with Gasteiger partial charge in [0.15, 0.2) is 0 Å². The first-order valence-electron chi connectivity index (χ1n) is 13.0. The van der Waals surface area contributed by atoms with E-state index in [0.29, 0.717) is 30.1 Å². The van der Waals surface area contributed by atoms with Crippen LogP contribution >= 0.6 is 0 Å². The Labute approximate surface area is 202 Å². The molecule has 0 spiro atoms. The van der Waals surface area contributed by atoms with Crippen molar-refractivity contribution in [2.75, 3.05) is 25.1 Å². The van der Waals surface area contributed by atoms with Crippen molar-refractivity contribution >= 4 is 22.6 Å². The Kier molecular flexibility index (Phi) is 7.04. The van der Waals surface area contributed by atoms with Crippen LogP contribution in [0.4, 0.5) is 5.82 Å². The molecule has 2 saturated carbocycles. The molecule has 1 aliphatic heterocycles. The number of carbonyl (C=O) groups excluding carboxylic acids is 1. The van der Waals surface area contributed by atoms with Gasteiger partial charge in [-0.05, 0) is 63.1 Å². The molecule has 34 heavy (non-hydrogen) atoms. The van der Waals surface area contributed by atoms with Crippen LogP contribution in [0.3, 0.4) is 0 Å². The first-order chi connectivity index (χ1) is 16.5. The van der Waals surface area contributed by atoms with E-state index in [9.17, 15) is 4.79 Å². The third-order valence-electron chi connectivity index (χ3n) is 7.84. The number of carbonyl (C=O) groups is 1. The fraction of sp³-hybridized carbons (Fsp3) is 0.630. The van der Waals surface area contributed by atoms with E-state index in [2.05, 4.69) is 34.6 Å². The van der Waals surface area contributed by atoms with Gasteiger partial charge in [0.05, 0.1) is 23.3 Å². The molecule has 2 aromatic rings. The quantitative estimate of drug-likeness (QED) is 0.542. The third-order valence-corrected chi connectivity index (χ3v) is 7.84. The minimum Gasteiger partial charge on any atom is -0.378 e. The summed E-state index contributed by atoms with van der Waals surface area (Å²) in [5, 5.41) is 7.89. The normalized spacial score (nSPS) is 24.9. The lowest BCUT2D eigenvalue weighted by Crippen LogP contribution is -2.56. The maximum absolute atomic E-state index is 13.4. The van der Waals surface area contributed by atoms with Crippen LogP contribution in [0.1, 0.15) is 67.3 Å². The van der Waals surface area contributed by atoms with Gasteiger partial charge in [-0.3, -0.25) is 4.79 Å². The molecule has 3 aliphatic rings. The molecular weight excluding hydrogens is 426 g/mol. The Morgan fingerprint density at radius 2 is 1.94 bits per heavy atom. The predicted molar refractivity (Wildman–Crippen MR) is 136 cm³/mol. The number of benzene rings is 1. The monoisotopic (exact) mass is 465 g/mol. The molecule has 1 aromatic carbocycles. The first kappa shape index (κ1) is 23.5. The Bertz CT molecular complexity index is 1020.